The van der Waals surface area contributed by atoms with Gasteiger partial charge in [-0.15, -0.1) is 5.10 Å². The number of nitrogens with one attached hydrogen (secondary N) is 1. The lowest BCUT2D eigenvalue weighted by Gasteiger charge is -2.35. The van der Waals surface area contributed by atoms with Crippen LogP contribution in [-0.2, 0) is 28.8 Å². The lowest BCUT2D eigenvalue weighted by Crippen LogP contribution is -2.43. The van der Waals surface area contributed by atoms with Crippen molar-refractivity contribution in [2.24, 2.45) is 0 Å². The highest BCUT2D eigenvalue weighted by Gasteiger charge is 2.37. The van der Waals surface area contributed by atoms with Crippen LogP contribution in [-0.4, -0.2) is 31.3 Å². The first-order valence-electron chi connectivity index (χ1n) is 12.7. The molecule has 16 heteroatoms. The van der Waals surface area contributed by atoms with E-state index in [-0.39, 0.29) is 52.9 Å². The third-order valence-electron chi connectivity index (χ3n) is 6.63. The molecule has 0 saturated heterocycles. The van der Waals surface area contributed by atoms with E-state index in [2.05, 4.69) is 10.2 Å². The summed E-state index contributed by atoms with van der Waals surface area (Å²) in [6.45, 7) is -0.351. The molecule has 44 heavy (non-hydrogen) atoms. The van der Waals surface area contributed by atoms with Crippen molar-refractivity contribution in [3.8, 4) is 5.75 Å². The number of H-pyrrole nitrogens is 1. The fourth-order valence-electron chi connectivity index (χ4n) is 4.56. The van der Waals surface area contributed by atoms with Crippen LogP contribution in [0.1, 0.15) is 34.6 Å². The van der Waals surface area contributed by atoms with Crippen molar-refractivity contribution in [3.05, 3.63) is 104 Å². The lowest BCUT2D eigenvalue weighted by atomic mass is 10.0. The summed E-state index contributed by atoms with van der Waals surface area (Å²) >= 11 is 6.03. The Kier molecular flexibility index (Phi) is 8.29. The number of ether oxygens (including phenoxy) is 1. The van der Waals surface area contributed by atoms with Crippen molar-refractivity contribution < 1.29 is 43.9 Å². The molecular formula is C28H20ClF6N3O5S. The summed E-state index contributed by atoms with van der Waals surface area (Å²) in [5.74, 6) is -0.704. The normalized spacial score (nSPS) is 15.8. The van der Waals surface area contributed by atoms with Crippen molar-refractivity contribution >= 4 is 39.5 Å². The molecule has 2 heterocycles. The number of benzene rings is 3. The minimum absolute atomic E-state index is 0.0370. The standard InChI is InChI=1S/C28H20ClF6N3O5S/c29-22-6-2-5-21(28(33,34)35)20(22)10-7-16-8-11-24-23(13-16)38(15-18(42-24)9-12-25-36-37-26(39)43-25)44(40,41)19-4-1-3-17(14-19)27(30,31)32/h1-8,10-11,13-14,18H,9,12,15H2,(H,37,39). The predicted octanol–water partition coefficient (Wildman–Crippen LogP) is 6.81. The van der Waals surface area contributed by atoms with Crippen LogP contribution in [0.3, 0.4) is 0 Å². The van der Waals surface area contributed by atoms with Gasteiger partial charge in [-0.25, -0.2) is 18.3 Å². The van der Waals surface area contributed by atoms with Crippen LogP contribution in [0.15, 0.2) is 74.8 Å². The number of fused-ring (bicyclic) bond motifs is 1. The highest BCUT2D eigenvalue weighted by Crippen LogP contribution is 2.41. The van der Waals surface area contributed by atoms with Crippen molar-refractivity contribution in [2.75, 3.05) is 10.8 Å². The molecule has 0 radical (unpaired) electrons. The molecule has 1 N–H and O–H groups in total. The summed E-state index contributed by atoms with van der Waals surface area (Å²) < 4.78 is 120. The van der Waals surface area contributed by atoms with E-state index in [0.717, 1.165) is 40.7 Å². The number of aromatic nitrogens is 2. The van der Waals surface area contributed by atoms with Gasteiger partial charge in [-0.3, -0.25) is 4.31 Å². The molecule has 8 nitrogen and oxygen atoms in total. The van der Waals surface area contributed by atoms with Gasteiger partial charge in [0.15, 0.2) is 0 Å². The van der Waals surface area contributed by atoms with E-state index in [1.165, 1.54) is 30.3 Å². The van der Waals surface area contributed by atoms with E-state index in [1.807, 2.05) is 0 Å². The number of nitrogens with zero attached hydrogens (tertiary/aromatic N) is 2. The zero-order valence-corrected chi connectivity index (χ0v) is 23.7. The smallest absolute Gasteiger partial charge is 0.434 e. The minimum atomic E-state index is -4.81. The zero-order valence-electron chi connectivity index (χ0n) is 22.1. The SMILES string of the molecule is O=c1[nH]nc(CCC2CN(S(=O)(=O)c3cccc(C(F)(F)F)c3)c3cc(C=Cc4c(Cl)cccc4C(F)(F)F)ccc3O2)o1. The molecule has 1 aliphatic rings. The zero-order chi connectivity index (χ0) is 31.9. The highest BCUT2D eigenvalue weighted by atomic mass is 35.5. The Labute approximate surface area is 250 Å². The first-order chi connectivity index (χ1) is 20.6. The third kappa shape index (κ3) is 6.63. The van der Waals surface area contributed by atoms with E-state index in [4.69, 9.17) is 20.8 Å². The third-order valence-corrected chi connectivity index (χ3v) is 8.73. The number of halogens is 7. The van der Waals surface area contributed by atoms with Crippen molar-refractivity contribution in [2.45, 2.75) is 36.2 Å². The molecule has 5 rings (SSSR count). The van der Waals surface area contributed by atoms with E-state index in [9.17, 15) is 39.6 Å². The summed E-state index contributed by atoms with van der Waals surface area (Å²) in [7, 11) is -4.62. The highest BCUT2D eigenvalue weighted by molar-refractivity contribution is 7.92. The first-order valence-corrected chi connectivity index (χ1v) is 14.5. The van der Waals surface area contributed by atoms with Crippen molar-refractivity contribution in [3.63, 3.8) is 0 Å². The molecule has 1 aliphatic heterocycles. The Balaban J connectivity index is 1.54. The number of alkyl halides is 6. The molecular weight excluding hydrogens is 640 g/mol. The molecule has 1 unspecified atom stereocenters. The Bertz CT molecular complexity index is 1890. The number of hydrogen-bond acceptors (Lipinski definition) is 6. The summed E-state index contributed by atoms with van der Waals surface area (Å²) in [4.78, 5) is 10.6. The van der Waals surface area contributed by atoms with Crippen LogP contribution in [0, 0.1) is 0 Å². The fraction of sp³-hybridized carbons (Fsp3) is 0.214. The average Bonchev–Trinajstić information content (AvgIpc) is 3.38. The molecule has 0 saturated carbocycles. The van der Waals surface area contributed by atoms with Gasteiger partial charge in [-0.2, -0.15) is 26.3 Å². The molecule has 232 valence electrons. The fourth-order valence-corrected chi connectivity index (χ4v) is 6.34. The maximum atomic E-state index is 13.8. The van der Waals surface area contributed by atoms with Gasteiger partial charge in [-0.1, -0.05) is 42.0 Å². The average molecular weight is 660 g/mol. The summed E-state index contributed by atoms with van der Waals surface area (Å²) in [5, 5.41) is 5.63. The van der Waals surface area contributed by atoms with E-state index < -0.39 is 50.3 Å². The number of aromatic amines is 1. The quantitative estimate of drug-likeness (QED) is 0.173. The lowest BCUT2D eigenvalue weighted by molar-refractivity contribution is -0.138. The molecule has 4 aromatic rings. The van der Waals surface area contributed by atoms with Crippen LogP contribution in [0.2, 0.25) is 5.02 Å². The molecule has 0 fully saturated rings. The van der Waals surface area contributed by atoms with Gasteiger partial charge >= 0.3 is 18.1 Å². The van der Waals surface area contributed by atoms with Gasteiger partial charge in [-0.05, 0) is 54.4 Å². The number of anilines is 1. The number of hydrogen-bond donors (Lipinski definition) is 1. The van der Waals surface area contributed by atoms with Crippen LogP contribution in [0.4, 0.5) is 32.0 Å². The maximum Gasteiger partial charge on any atom is 0.434 e. The van der Waals surface area contributed by atoms with Crippen LogP contribution >= 0.6 is 11.6 Å². The largest absolute Gasteiger partial charge is 0.486 e. The maximum absolute atomic E-state index is 13.8. The molecule has 0 aliphatic carbocycles. The molecule has 3 aromatic carbocycles. The number of rotatable bonds is 7. The monoisotopic (exact) mass is 659 g/mol. The van der Waals surface area contributed by atoms with Gasteiger partial charge in [0.25, 0.3) is 10.0 Å². The summed E-state index contributed by atoms with van der Waals surface area (Å²) in [6.07, 6.45) is -7.76. The van der Waals surface area contributed by atoms with Gasteiger partial charge in [0.1, 0.15) is 11.9 Å². The van der Waals surface area contributed by atoms with Crippen LogP contribution < -0.4 is 14.8 Å². The number of sulfonamides is 1. The van der Waals surface area contributed by atoms with Crippen LogP contribution in [0.25, 0.3) is 12.2 Å². The molecule has 0 spiro atoms. The van der Waals surface area contributed by atoms with E-state index >= 15 is 0 Å². The van der Waals surface area contributed by atoms with Crippen molar-refractivity contribution in [1.82, 2.24) is 10.2 Å². The molecule has 0 bridgehead atoms. The second-order valence-corrected chi connectivity index (χ2v) is 11.9. The van der Waals surface area contributed by atoms with Gasteiger partial charge < -0.3 is 9.15 Å². The van der Waals surface area contributed by atoms with Gasteiger partial charge in [0.2, 0.25) is 5.89 Å². The second-order valence-electron chi connectivity index (χ2n) is 9.61. The predicted molar refractivity (Wildman–Crippen MR) is 148 cm³/mol. The van der Waals surface area contributed by atoms with Crippen molar-refractivity contribution in [1.29, 1.82) is 0 Å². The Hall–Kier alpha value is -4.24. The summed E-state index contributed by atoms with van der Waals surface area (Å²) in [6, 6.07) is 10.7. The van der Waals surface area contributed by atoms with Gasteiger partial charge in [0, 0.05) is 17.0 Å². The Morgan fingerprint density at radius 1 is 1.00 bits per heavy atom. The minimum Gasteiger partial charge on any atom is -0.486 e. The topological polar surface area (TPSA) is 106 Å². The molecule has 0 amide bonds. The molecule has 1 aromatic heterocycles. The van der Waals surface area contributed by atoms with E-state index in [0.29, 0.717) is 6.07 Å². The van der Waals surface area contributed by atoms with Gasteiger partial charge in [0.05, 0.1) is 28.3 Å². The van der Waals surface area contributed by atoms with E-state index in [1.54, 1.807) is 0 Å². The molecule has 1 atom stereocenters. The Morgan fingerprint density at radius 2 is 1.75 bits per heavy atom. The Morgan fingerprint density at radius 3 is 2.43 bits per heavy atom. The number of aryl methyl sites for hydroxylation is 1. The van der Waals surface area contributed by atoms with Crippen LogP contribution in [0.5, 0.6) is 5.75 Å². The first kappa shape index (κ1) is 31.2. The summed E-state index contributed by atoms with van der Waals surface area (Å²) in [5.41, 5.74) is -2.26. The second kappa shape index (κ2) is 11.7.